The van der Waals surface area contributed by atoms with Crippen molar-refractivity contribution in [3.8, 4) is 6.07 Å². The Labute approximate surface area is 102 Å². The molecule has 0 spiro atoms. The Morgan fingerprint density at radius 2 is 2.29 bits per heavy atom. The Bertz CT molecular complexity index is 438. The molecule has 17 heavy (non-hydrogen) atoms. The molecule has 1 aliphatic heterocycles. The minimum Gasteiger partial charge on any atom is -0.377 e. The normalized spacial score (nSPS) is 27.9. The van der Waals surface area contributed by atoms with Crippen LogP contribution < -0.4 is 5.32 Å². The fourth-order valence-electron chi connectivity index (χ4n) is 2.15. The first-order chi connectivity index (χ1) is 8.15. The number of benzene rings is 1. The van der Waals surface area contributed by atoms with Crippen molar-refractivity contribution >= 4 is 0 Å². The van der Waals surface area contributed by atoms with Crippen LogP contribution in [0.5, 0.6) is 0 Å². The molecule has 3 nitrogen and oxygen atoms in total. The summed E-state index contributed by atoms with van der Waals surface area (Å²) in [4.78, 5) is 0. The fourth-order valence-corrected chi connectivity index (χ4v) is 2.15. The van der Waals surface area contributed by atoms with Crippen LogP contribution in [0.2, 0.25) is 0 Å². The molecule has 1 aliphatic rings. The van der Waals surface area contributed by atoms with Gasteiger partial charge in [-0.25, -0.2) is 0 Å². The molecule has 0 saturated carbocycles. The van der Waals surface area contributed by atoms with Crippen LogP contribution in [0.4, 0.5) is 0 Å². The lowest BCUT2D eigenvalue weighted by molar-refractivity contribution is 0.0881. The Kier molecular flexibility index (Phi) is 3.46. The Hall–Kier alpha value is -1.37. The van der Waals surface area contributed by atoms with E-state index in [2.05, 4.69) is 25.2 Å². The van der Waals surface area contributed by atoms with Gasteiger partial charge in [-0.05, 0) is 31.9 Å². The average molecular weight is 230 g/mol. The molecule has 1 aromatic carbocycles. The average Bonchev–Trinajstić information content (AvgIpc) is 2.68. The van der Waals surface area contributed by atoms with Gasteiger partial charge in [-0.1, -0.05) is 18.2 Å². The van der Waals surface area contributed by atoms with Crippen molar-refractivity contribution < 1.29 is 4.74 Å². The first kappa shape index (κ1) is 12.1. The summed E-state index contributed by atoms with van der Waals surface area (Å²) in [6, 6.07) is 9.93. The molecule has 1 N–H and O–H groups in total. The van der Waals surface area contributed by atoms with Crippen molar-refractivity contribution in [2.45, 2.75) is 38.5 Å². The van der Waals surface area contributed by atoms with Crippen LogP contribution in [0.3, 0.4) is 0 Å². The van der Waals surface area contributed by atoms with Gasteiger partial charge in [0.1, 0.15) is 0 Å². The highest BCUT2D eigenvalue weighted by atomic mass is 16.5. The molecule has 0 aliphatic carbocycles. The smallest absolute Gasteiger partial charge is 0.0995 e. The van der Waals surface area contributed by atoms with Gasteiger partial charge in [-0.15, -0.1) is 0 Å². The third-order valence-corrected chi connectivity index (χ3v) is 3.71. The second kappa shape index (κ2) is 4.87. The third-order valence-electron chi connectivity index (χ3n) is 3.71. The molecule has 2 rings (SSSR count). The number of nitriles is 1. The van der Waals surface area contributed by atoms with Crippen LogP contribution in [0, 0.1) is 11.3 Å². The summed E-state index contributed by atoms with van der Waals surface area (Å²) in [5.41, 5.74) is 1.81. The van der Waals surface area contributed by atoms with Crippen LogP contribution in [-0.2, 0) is 11.3 Å². The van der Waals surface area contributed by atoms with Gasteiger partial charge in [-0.3, -0.25) is 0 Å². The first-order valence-electron chi connectivity index (χ1n) is 6.00. The Morgan fingerprint density at radius 3 is 2.94 bits per heavy atom. The summed E-state index contributed by atoms with van der Waals surface area (Å²) in [5, 5.41) is 12.5. The molecule has 1 aromatic rings. The summed E-state index contributed by atoms with van der Waals surface area (Å²) in [6.45, 7) is 5.80. The van der Waals surface area contributed by atoms with Crippen LogP contribution in [0.25, 0.3) is 0 Å². The molecule has 0 aromatic heterocycles. The van der Waals surface area contributed by atoms with Gasteiger partial charge < -0.3 is 10.1 Å². The van der Waals surface area contributed by atoms with E-state index in [4.69, 9.17) is 10.00 Å². The first-order valence-corrected chi connectivity index (χ1v) is 6.00. The minimum absolute atomic E-state index is 0.0164. The molecule has 1 heterocycles. The van der Waals surface area contributed by atoms with Crippen molar-refractivity contribution in [2.75, 3.05) is 6.61 Å². The third kappa shape index (κ3) is 2.49. The molecule has 2 atom stereocenters. The minimum atomic E-state index is 0.0164. The predicted molar refractivity (Wildman–Crippen MR) is 66.4 cm³/mol. The van der Waals surface area contributed by atoms with Crippen LogP contribution >= 0.6 is 0 Å². The molecular weight excluding hydrogens is 212 g/mol. The summed E-state index contributed by atoms with van der Waals surface area (Å²) < 4.78 is 5.59. The predicted octanol–water partition coefficient (Wildman–Crippen LogP) is 2.22. The molecule has 0 bridgehead atoms. The zero-order valence-corrected chi connectivity index (χ0v) is 10.4. The number of rotatable bonds is 3. The maximum Gasteiger partial charge on any atom is 0.0995 e. The van der Waals surface area contributed by atoms with Gasteiger partial charge in [0, 0.05) is 18.7 Å². The quantitative estimate of drug-likeness (QED) is 0.866. The van der Waals surface area contributed by atoms with Crippen molar-refractivity contribution in [2.24, 2.45) is 0 Å². The number of ether oxygens (including phenoxy) is 1. The molecule has 3 heteroatoms. The number of nitrogens with one attached hydrogen (secondary N) is 1. The van der Waals surface area contributed by atoms with E-state index >= 15 is 0 Å². The molecule has 90 valence electrons. The summed E-state index contributed by atoms with van der Waals surface area (Å²) in [5.74, 6) is 0. The molecule has 2 unspecified atom stereocenters. The molecule has 0 amide bonds. The summed E-state index contributed by atoms with van der Waals surface area (Å²) >= 11 is 0. The lowest BCUT2D eigenvalue weighted by Gasteiger charge is -2.29. The van der Waals surface area contributed by atoms with Gasteiger partial charge in [0.25, 0.3) is 0 Å². The maximum atomic E-state index is 9.02. The SMILES string of the molecule is CC1OCCC1(C)NCc1ccccc1C#N. The van der Waals surface area contributed by atoms with E-state index in [9.17, 15) is 0 Å². The lowest BCUT2D eigenvalue weighted by Crippen LogP contribution is -2.47. The van der Waals surface area contributed by atoms with Crippen molar-refractivity contribution in [3.63, 3.8) is 0 Å². The molecule has 0 radical (unpaired) electrons. The lowest BCUT2D eigenvalue weighted by atomic mass is 9.94. The van der Waals surface area contributed by atoms with E-state index in [1.54, 1.807) is 0 Å². The number of hydrogen-bond donors (Lipinski definition) is 1. The van der Waals surface area contributed by atoms with Crippen molar-refractivity contribution in [1.29, 1.82) is 5.26 Å². The zero-order valence-electron chi connectivity index (χ0n) is 10.4. The van der Waals surface area contributed by atoms with Gasteiger partial charge >= 0.3 is 0 Å². The Balaban J connectivity index is 2.05. The van der Waals surface area contributed by atoms with E-state index in [-0.39, 0.29) is 11.6 Å². The van der Waals surface area contributed by atoms with Gasteiger partial charge in [0.05, 0.1) is 17.7 Å². The van der Waals surface area contributed by atoms with Crippen LogP contribution in [0.15, 0.2) is 24.3 Å². The number of nitrogens with zero attached hydrogens (tertiary/aromatic N) is 1. The van der Waals surface area contributed by atoms with Gasteiger partial charge in [-0.2, -0.15) is 5.26 Å². The highest BCUT2D eigenvalue weighted by Crippen LogP contribution is 2.25. The largest absolute Gasteiger partial charge is 0.377 e. The second-order valence-electron chi connectivity index (χ2n) is 4.80. The highest BCUT2D eigenvalue weighted by molar-refractivity contribution is 5.37. The topological polar surface area (TPSA) is 45.0 Å². The zero-order chi connectivity index (χ0) is 12.3. The monoisotopic (exact) mass is 230 g/mol. The van der Waals surface area contributed by atoms with Crippen molar-refractivity contribution in [3.05, 3.63) is 35.4 Å². The fraction of sp³-hybridized carbons (Fsp3) is 0.500. The molecule has 1 fully saturated rings. The van der Waals surface area contributed by atoms with E-state index in [1.807, 2.05) is 24.3 Å². The molecule has 1 saturated heterocycles. The van der Waals surface area contributed by atoms with Crippen LogP contribution in [0.1, 0.15) is 31.4 Å². The molecular formula is C14H18N2O. The van der Waals surface area contributed by atoms with E-state index in [0.717, 1.165) is 24.2 Å². The number of hydrogen-bond acceptors (Lipinski definition) is 3. The van der Waals surface area contributed by atoms with Gasteiger partial charge in [0.2, 0.25) is 0 Å². The van der Waals surface area contributed by atoms with Crippen molar-refractivity contribution in [1.82, 2.24) is 5.32 Å². The maximum absolute atomic E-state index is 9.02. The highest BCUT2D eigenvalue weighted by Gasteiger charge is 2.36. The van der Waals surface area contributed by atoms with E-state index in [1.165, 1.54) is 0 Å². The standard InChI is InChI=1S/C14H18N2O/c1-11-14(2,7-8-17-11)16-10-13-6-4-3-5-12(13)9-15/h3-6,11,16H,7-8,10H2,1-2H3. The van der Waals surface area contributed by atoms with E-state index in [0.29, 0.717) is 6.54 Å². The van der Waals surface area contributed by atoms with Crippen LogP contribution in [-0.4, -0.2) is 18.2 Å². The summed E-state index contributed by atoms with van der Waals surface area (Å²) in [6.07, 6.45) is 1.24. The van der Waals surface area contributed by atoms with Gasteiger partial charge in [0.15, 0.2) is 0 Å². The van der Waals surface area contributed by atoms with E-state index < -0.39 is 0 Å². The Morgan fingerprint density at radius 1 is 1.53 bits per heavy atom. The second-order valence-corrected chi connectivity index (χ2v) is 4.80. The summed E-state index contributed by atoms with van der Waals surface area (Å²) in [7, 11) is 0.